The molecule has 0 aromatic rings. The van der Waals surface area contributed by atoms with Crippen LogP contribution in [0.3, 0.4) is 0 Å². The number of ether oxygens (including phenoxy) is 1. The summed E-state index contributed by atoms with van der Waals surface area (Å²) in [6.45, 7) is 1.87. The number of primary amides is 1. The van der Waals surface area contributed by atoms with Crippen LogP contribution in [0.4, 0.5) is 0 Å². The van der Waals surface area contributed by atoms with Crippen molar-refractivity contribution in [1.82, 2.24) is 4.90 Å². The molecule has 2 heterocycles. The van der Waals surface area contributed by atoms with Gasteiger partial charge in [-0.2, -0.15) is 12.6 Å². The van der Waals surface area contributed by atoms with Gasteiger partial charge in [-0.25, -0.2) is 0 Å². The van der Waals surface area contributed by atoms with E-state index in [1.54, 1.807) is 4.90 Å². The lowest BCUT2D eigenvalue weighted by atomic mass is 9.72. The fraction of sp³-hybridized carbons (Fsp3) is 0.800. The normalized spacial score (nSPS) is 25.3. The number of hydrogen-bond acceptors (Lipinski definition) is 4. The summed E-state index contributed by atoms with van der Waals surface area (Å²) in [6, 6.07) is -0.565. The van der Waals surface area contributed by atoms with Crippen molar-refractivity contribution in [2.45, 2.75) is 18.9 Å². The number of nitrogens with two attached hydrogens (primary N) is 1. The maximum Gasteiger partial charge on any atom is 0.241 e. The third-order valence-corrected chi connectivity index (χ3v) is 3.86. The van der Waals surface area contributed by atoms with E-state index in [0.29, 0.717) is 19.8 Å². The first-order valence-electron chi connectivity index (χ1n) is 5.40. The zero-order valence-corrected chi connectivity index (χ0v) is 9.91. The van der Waals surface area contributed by atoms with Gasteiger partial charge in [0.05, 0.1) is 5.41 Å². The van der Waals surface area contributed by atoms with E-state index in [1.807, 2.05) is 0 Å². The average molecular weight is 244 g/mol. The number of rotatable bonds is 3. The van der Waals surface area contributed by atoms with E-state index < -0.39 is 11.9 Å². The van der Waals surface area contributed by atoms with E-state index in [4.69, 9.17) is 10.5 Å². The number of hydrogen-bond donors (Lipinski definition) is 2. The second kappa shape index (κ2) is 4.25. The highest BCUT2D eigenvalue weighted by Crippen LogP contribution is 2.42. The number of amides is 2. The van der Waals surface area contributed by atoms with Crippen molar-refractivity contribution in [2.24, 2.45) is 11.1 Å². The Morgan fingerprint density at radius 1 is 1.56 bits per heavy atom. The van der Waals surface area contributed by atoms with Crippen LogP contribution in [-0.4, -0.2) is 48.3 Å². The van der Waals surface area contributed by atoms with Gasteiger partial charge < -0.3 is 15.4 Å². The van der Waals surface area contributed by atoms with Gasteiger partial charge in [0.1, 0.15) is 6.04 Å². The highest BCUT2D eigenvalue weighted by Gasteiger charge is 2.54. The predicted octanol–water partition coefficient (Wildman–Crippen LogP) is -0.591. The summed E-state index contributed by atoms with van der Waals surface area (Å²) < 4.78 is 5.24. The number of carbonyl (C=O) groups excluding carboxylic acids is 2. The van der Waals surface area contributed by atoms with Gasteiger partial charge in [-0.3, -0.25) is 9.59 Å². The van der Waals surface area contributed by atoms with Crippen molar-refractivity contribution in [3.63, 3.8) is 0 Å². The summed E-state index contributed by atoms with van der Waals surface area (Å²) in [5, 5.41) is 0. The van der Waals surface area contributed by atoms with Crippen LogP contribution in [0.25, 0.3) is 0 Å². The largest absolute Gasteiger partial charge is 0.381 e. The van der Waals surface area contributed by atoms with E-state index in [2.05, 4.69) is 12.6 Å². The van der Waals surface area contributed by atoms with Crippen LogP contribution in [0.2, 0.25) is 0 Å². The van der Waals surface area contributed by atoms with Crippen molar-refractivity contribution < 1.29 is 14.3 Å². The summed E-state index contributed by atoms with van der Waals surface area (Å²) in [7, 11) is 0. The first-order chi connectivity index (χ1) is 7.60. The molecule has 5 nitrogen and oxygen atoms in total. The molecule has 2 rings (SSSR count). The number of thiol groups is 1. The second-order valence-corrected chi connectivity index (χ2v) is 4.79. The smallest absolute Gasteiger partial charge is 0.241 e. The van der Waals surface area contributed by atoms with Crippen LogP contribution in [0.5, 0.6) is 0 Å². The lowest BCUT2D eigenvalue weighted by Gasteiger charge is -2.52. The van der Waals surface area contributed by atoms with E-state index >= 15 is 0 Å². The minimum Gasteiger partial charge on any atom is -0.381 e. The highest BCUT2D eigenvalue weighted by molar-refractivity contribution is 7.80. The van der Waals surface area contributed by atoms with E-state index in [9.17, 15) is 9.59 Å². The third-order valence-electron chi connectivity index (χ3n) is 3.52. The molecule has 2 aliphatic heterocycles. The van der Waals surface area contributed by atoms with Gasteiger partial charge >= 0.3 is 0 Å². The SMILES string of the molecule is NC(=O)[C@H](CS)N1CC2(CCOCC2)C1=O. The van der Waals surface area contributed by atoms with E-state index in [0.717, 1.165) is 12.8 Å². The molecule has 0 bridgehead atoms. The first-order valence-corrected chi connectivity index (χ1v) is 6.03. The number of likely N-dealkylation sites (tertiary alicyclic amines) is 1. The molecule has 6 heteroatoms. The molecule has 0 radical (unpaired) electrons. The van der Waals surface area contributed by atoms with E-state index in [-0.39, 0.29) is 17.1 Å². The maximum absolute atomic E-state index is 12.1. The summed E-state index contributed by atoms with van der Waals surface area (Å²) >= 11 is 4.06. The van der Waals surface area contributed by atoms with Crippen molar-refractivity contribution in [1.29, 1.82) is 0 Å². The first kappa shape index (κ1) is 11.7. The Kier molecular flexibility index (Phi) is 3.12. The standard InChI is InChI=1S/C10H16N2O3S/c11-8(13)7(5-16)12-6-10(9(12)14)1-3-15-4-2-10/h7,16H,1-6H2,(H2,11,13)/t7-/m0/s1. The Morgan fingerprint density at radius 2 is 2.19 bits per heavy atom. The van der Waals surface area contributed by atoms with Gasteiger partial charge in [0.2, 0.25) is 11.8 Å². The number of carbonyl (C=O) groups is 2. The Bertz CT molecular complexity index is 315. The fourth-order valence-electron chi connectivity index (χ4n) is 2.41. The lowest BCUT2D eigenvalue weighted by molar-refractivity contribution is -0.175. The molecule has 0 aliphatic carbocycles. The van der Waals surface area contributed by atoms with Crippen molar-refractivity contribution in [3.05, 3.63) is 0 Å². The maximum atomic E-state index is 12.1. The van der Waals surface area contributed by atoms with Crippen LogP contribution >= 0.6 is 12.6 Å². The molecule has 90 valence electrons. The zero-order chi connectivity index (χ0) is 11.8. The van der Waals surface area contributed by atoms with Crippen LogP contribution in [0, 0.1) is 5.41 Å². The van der Waals surface area contributed by atoms with Crippen LogP contribution in [-0.2, 0) is 14.3 Å². The monoisotopic (exact) mass is 244 g/mol. The fourth-order valence-corrected chi connectivity index (χ4v) is 2.78. The molecule has 1 atom stereocenters. The van der Waals surface area contributed by atoms with Gasteiger partial charge in [0.25, 0.3) is 0 Å². The average Bonchev–Trinajstić information content (AvgIpc) is 2.29. The Morgan fingerprint density at radius 3 is 2.62 bits per heavy atom. The van der Waals surface area contributed by atoms with Crippen molar-refractivity contribution in [2.75, 3.05) is 25.5 Å². The lowest BCUT2D eigenvalue weighted by Crippen LogP contribution is -2.68. The van der Waals surface area contributed by atoms with E-state index in [1.165, 1.54) is 0 Å². The molecule has 2 aliphatic rings. The number of nitrogens with zero attached hydrogens (tertiary/aromatic N) is 1. The van der Waals surface area contributed by atoms with Crippen LogP contribution < -0.4 is 5.73 Å². The summed E-state index contributed by atoms with van der Waals surface area (Å²) in [4.78, 5) is 24.8. The summed E-state index contributed by atoms with van der Waals surface area (Å²) in [6.07, 6.45) is 1.50. The molecule has 2 amide bonds. The molecular weight excluding hydrogens is 228 g/mol. The van der Waals surface area contributed by atoms with Gasteiger partial charge in [-0.1, -0.05) is 0 Å². The van der Waals surface area contributed by atoms with Gasteiger partial charge in [0, 0.05) is 25.5 Å². The summed E-state index contributed by atoms with van der Waals surface area (Å²) in [5.41, 5.74) is 4.95. The molecule has 0 unspecified atom stereocenters. The minimum absolute atomic E-state index is 0.0358. The molecule has 0 aromatic heterocycles. The third kappa shape index (κ3) is 1.69. The van der Waals surface area contributed by atoms with Crippen LogP contribution in [0.1, 0.15) is 12.8 Å². The van der Waals surface area contributed by atoms with Crippen molar-refractivity contribution in [3.8, 4) is 0 Å². The quantitative estimate of drug-likeness (QED) is 0.515. The topological polar surface area (TPSA) is 72.6 Å². The Hall–Kier alpha value is -0.750. The molecule has 1 spiro atoms. The molecule has 16 heavy (non-hydrogen) atoms. The predicted molar refractivity (Wildman–Crippen MR) is 61.0 cm³/mol. The number of β-lactam (4-membered cyclic amide) rings is 1. The molecule has 2 saturated heterocycles. The van der Waals surface area contributed by atoms with Crippen LogP contribution in [0.15, 0.2) is 0 Å². The van der Waals surface area contributed by atoms with Gasteiger partial charge in [-0.05, 0) is 12.8 Å². The highest BCUT2D eigenvalue weighted by atomic mass is 32.1. The molecule has 0 saturated carbocycles. The Balaban J connectivity index is 2.03. The summed E-state index contributed by atoms with van der Waals surface area (Å²) in [5.74, 6) is -0.160. The second-order valence-electron chi connectivity index (χ2n) is 4.43. The Labute approximate surface area is 99.7 Å². The molecule has 2 N–H and O–H groups in total. The van der Waals surface area contributed by atoms with Crippen molar-refractivity contribution >= 4 is 24.4 Å². The van der Waals surface area contributed by atoms with Gasteiger partial charge in [-0.15, -0.1) is 0 Å². The zero-order valence-electron chi connectivity index (χ0n) is 9.02. The van der Waals surface area contributed by atoms with Gasteiger partial charge in [0.15, 0.2) is 0 Å². The molecule has 2 fully saturated rings. The minimum atomic E-state index is -0.565. The molecular formula is C10H16N2O3S. The molecule has 0 aromatic carbocycles.